The van der Waals surface area contributed by atoms with Gasteiger partial charge < -0.3 is 29.2 Å². The molecule has 0 spiro atoms. The van der Waals surface area contributed by atoms with Crippen LogP contribution in [0.25, 0.3) is 17.2 Å². The Kier molecular flexibility index (Phi) is 13.4. The van der Waals surface area contributed by atoms with Crippen molar-refractivity contribution in [1.82, 2.24) is 4.90 Å². The van der Waals surface area contributed by atoms with Gasteiger partial charge in [-0.2, -0.15) is 0 Å². The van der Waals surface area contributed by atoms with Gasteiger partial charge in [-0.1, -0.05) is 55.8 Å². The molecular formula is C44H53N3O5. The highest BCUT2D eigenvalue weighted by molar-refractivity contribution is 6.07. The molecule has 1 N–H and O–H groups in total. The van der Waals surface area contributed by atoms with Crippen LogP contribution < -0.4 is 19.7 Å². The second-order valence-corrected chi connectivity index (χ2v) is 13.7. The van der Waals surface area contributed by atoms with E-state index in [1.807, 2.05) is 36.4 Å². The fourth-order valence-corrected chi connectivity index (χ4v) is 6.87. The fraction of sp³-hybridized carbons (Fsp3) is 0.386. The van der Waals surface area contributed by atoms with Gasteiger partial charge in [0.2, 0.25) is 0 Å². The number of methoxy groups -OCH3 is 1. The summed E-state index contributed by atoms with van der Waals surface area (Å²) in [7, 11) is 3.87. The van der Waals surface area contributed by atoms with Gasteiger partial charge in [-0.05, 0) is 115 Å². The van der Waals surface area contributed by atoms with Gasteiger partial charge in [-0.3, -0.25) is 9.69 Å². The van der Waals surface area contributed by atoms with Crippen molar-refractivity contribution in [1.29, 1.82) is 0 Å². The van der Waals surface area contributed by atoms with E-state index in [1.54, 1.807) is 7.11 Å². The van der Waals surface area contributed by atoms with Crippen molar-refractivity contribution in [2.24, 2.45) is 0 Å². The van der Waals surface area contributed by atoms with E-state index in [-0.39, 0.29) is 5.91 Å². The van der Waals surface area contributed by atoms with Gasteiger partial charge in [0.15, 0.2) is 0 Å². The second-order valence-electron chi connectivity index (χ2n) is 13.7. The summed E-state index contributed by atoms with van der Waals surface area (Å²) in [5.41, 5.74) is 8.19. The molecule has 0 unspecified atom stereocenters. The van der Waals surface area contributed by atoms with E-state index >= 15 is 0 Å². The fourth-order valence-electron chi connectivity index (χ4n) is 6.87. The first-order valence-electron chi connectivity index (χ1n) is 18.7. The number of hydrogen-bond acceptors (Lipinski definition) is 7. The van der Waals surface area contributed by atoms with E-state index in [1.165, 1.54) is 5.56 Å². The molecule has 0 aliphatic carbocycles. The Labute approximate surface area is 309 Å². The van der Waals surface area contributed by atoms with Crippen LogP contribution in [0.5, 0.6) is 11.5 Å². The number of unbranched alkanes of at least 4 members (excludes halogenated alkanes) is 1. The second kappa shape index (κ2) is 18.7. The predicted octanol–water partition coefficient (Wildman–Crippen LogP) is 8.60. The number of nitrogens with one attached hydrogen (secondary N) is 1. The number of carbonyl (C=O) groups excluding carboxylic acids is 1. The van der Waals surface area contributed by atoms with Crippen LogP contribution >= 0.6 is 0 Å². The SMILES string of the molecule is CCCCOCCOc1ccc(-c2ccc3c(c2)C=C(C(=O)Nc2ccc(CN(C)C4CCOCC4)cc2)CCN3Cc2cccc(OC)c2)cc1. The average molecular weight is 704 g/mol. The van der Waals surface area contributed by atoms with E-state index in [0.717, 1.165) is 103 Å². The molecule has 4 aromatic rings. The Bertz CT molecular complexity index is 1770. The number of hydrogen-bond donors (Lipinski definition) is 1. The molecule has 2 heterocycles. The summed E-state index contributed by atoms with van der Waals surface area (Å²) in [4.78, 5) is 18.6. The maximum Gasteiger partial charge on any atom is 0.251 e. The molecular weight excluding hydrogens is 650 g/mol. The summed E-state index contributed by atoms with van der Waals surface area (Å²) >= 11 is 0. The quantitative estimate of drug-likeness (QED) is 0.117. The minimum absolute atomic E-state index is 0.0770. The third-order valence-corrected chi connectivity index (χ3v) is 9.93. The van der Waals surface area contributed by atoms with E-state index in [0.29, 0.717) is 38.8 Å². The number of carbonyl (C=O) groups is 1. The molecule has 2 aliphatic rings. The summed E-state index contributed by atoms with van der Waals surface area (Å²) in [6, 6.07) is 31.7. The lowest BCUT2D eigenvalue weighted by Crippen LogP contribution is -2.36. The molecule has 1 amide bonds. The predicted molar refractivity (Wildman–Crippen MR) is 210 cm³/mol. The van der Waals surface area contributed by atoms with E-state index in [2.05, 4.69) is 89.8 Å². The Balaban J connectivity index is 1.18. The summed E-state index contributed by atoms with van der Waals surface area (Å²) in [5.74, 6) is 1.57. The molecule has 8 nitrogen and oxygen atoms in total. The number of ether oxygens (including phenoxy) is 4. The van der Waals surface area contributed by atoms with Crippen LogP contribution in [0.3, 0.4) is 0 Å². The molecule has 0 atom stereocenters. The van der Waals surface area contributed by atoms with Gasteiger partial charge in [0.05, 0.1) is 13.7 Å². The summed E-state index contributed by atoms with van der Waals surface area (Å²) in [5, 5.41) is 3.18. The first-order valence-corrected chi connectivity index (χ1v) is 18.7. The standard InChI is InChI=1S/C44H53N3O5/c1-4-5-23-50-26-27-52-41-16-11-35(12-17-41)36-13-18-43-38(29-36)30-37(19-22-47(43)32-34-7-6-8-42(28-34)49-3)44(48)45-39-14-9-33(10-15-39)31-46(2)40-20-24-51-25-21-40/h6-18,28-30,40H,4-5,19-27,31-32H2,1-3H3,(H,45,48). The van der Waals surface area contributed by atoms with Gasteiger partial charge >= 0.3 is 0 Å². The van der Waals surface area contributed by atoms with Crippen molar-refractivity contribution < 1.29 is 23.7 Å². The number of nitrogens with zero attached hydrogens (tertiary/aromatic N) is 2. The lowest BCUT2D eigenvalue weighted by Gasteiger charge is -2.31. The van der Waals surface area contributed by atoms with Gasteiger partial charge in [-0.25, -0.2) is 0 Å². The van der Waals surface area contributed by atoms with Crippen molar-refractivity contribution >= 4 is 23.4 Å². The number of benzene rings is 4. The van der Waals surface area contributed by atoms with Crippen molar-refractivity contribution in [2.45, 2.75) is 58.2 Å². The van der Waals surface area contributed by atoms with E-state index in [4.69, 9.17) is 18.9 Å². The minimum atomic E-state index is -0.0770. The van der Waals surface area contributed by atoms with Crippen LogP contribution in [0, 0.1) is 0 Å². The zero-order chi connectivity index (χ0) is 36.1. The van der Waals surface area contributed by atoms with Crippen LogP contribution in [0.2, 0.25) is 0 Å². The average Bonchev–Trinajstić information content (AvgIpc) is 3.36. The van der Waals surface area contributed by atoms with Gasteiger partial charge in [0, 0.05) is 62.4 Å². The maximum absolute atomic E-state index is 13.8. The number of fused-ring (bicyclic) bond motifs is 1. The number of amides is 1. The highest BCUT2D eigenvalue weighted by atomic mass is 16.5. The molecule has 0 aromatic heterocycles. The monoisotopic (exact) mass is 703 g/mol. The Hall–Kier alpha value is -4.63. The molecule has 8 heteroatoms. The molecule has 0 saturated carbocycles. The van der Waals surface area contributed by atoms with Crippen molar-refractivity contribution in [3.8, 4) is 22.6 Å². The maximum atomic E-state index is 13.8. The van der Waals surface area contributed by atoms with Gasteiger partial charge in [-0.15, -0.1) is 0 Å². The summed E-state index contributed by atoms with van der Waals surface area (Å²) in [6.07, 6.45) is 7.00. The van der Waals surface area contributed by atoms with Crippen LogP contribution in [0.4, 0.5) is 11.4 Å². The van der Waals surface area contributed by atoms with Crippen molar-refractivity contribution in [2.75, 3.05) is 64.0 Å². The normalized spacial score (nSPS) is 14.8. The molecule has 2 aliphatic heterocycles. The minimum Gasteiger partial charge on any atom is -0.497 e. The largest absolute Gasteiger partial charge is 0.497 e. The Morgan fingerprint density at radius 3 is 2.44 bits per heavy atom. The van der Waals surface area contributed by atoms with Crippen molar-refractivity contribution in [3.63, 3.8) is 0 Å². The molecule has 0 bridgehead atoms. The summed E-state index contributed by atoms with van der Waals surface area (Å²) < 4.78 is 22.6. The molecule has 52 heavy (non-hydrogen) atoms. The first-order chi connectivity index (χ1) is 25.5. The Morgan fingerprint density at radius 1 is 0.885 bits per heavy atom. The highest BCUT2D eigenvalue weighted by Gasteiger charge is 2.22. The zero-order valence-electron chi connectivity index (χ0n) is 30.9. The van der Waals surface area contributed by atoms with E-state index < -0.39 is 0 Å². The van der Waals surface area contributed by atoms with Crippen LogP contribution in [-0.2, 0) is 27.4 Å². The molecule has 4 aromatic carbocycles. The lowest BCUT2D eigenvalue weighted by molar-refractivity contribution is -0.112. The summed E-state index contributed by atoms with van der Waals surface area (Å²) in [6.45, 7) is 7.98. The first kappa shape index (κ1) is 37.1. The molecule has 1 fully saturated rings. The van der Waals surface area contributed by atoms with Crippen molar-refractivity contribution in [3.05, 3.63) is 113 Å². The third-order valence-electron chi connectivity index (χ3n) is 9.93. The molecule has 274 valence electrons. The number of rotatable bonds is 16. The molecule has 6 rings (SSSR count). The Morgan fingerprint density at radius 2 is 1.67 bits per heavy atom. The van der Waals surface area contributed by atoms with Crippen LogP contribution in [0.1, 0.15) is 55.7 Å². The molecule has 1 saturated heterocycles. The number of anilines is 2. The lowest BCUT2D eigenvalue weighted by atomic mass is 10.00. The van der Waals surface area contributed by atoms with Crippen LogP contribution in [0.15, 0.2) is 96.6 Å². The van der Waals surface area contributed by atoms with Gasteiger partial charge in [0.25, 0.3) is 5.91 Å². The van der Waals surface area contributed by atoms with E-state index in [9.17, 15) is 4.79 Å². The van der Waals surface area contributed by atoms with Gasteiger partial charge in [0.1, 0.15) is 18.1 Å². The third kappa shape index (κ3) is 10.2. The highest BCUT2D eigenvalue weighted by Crippen LogP contribution is 2.34. The zero-order valence-corrected chi connectivity index (χ0v) is 30.9. The smallest absolute Gasteiger partial charge is 0.251 e. The topological polar surface area (TPSA) is 72.5 Å². The molecule has 0 radical (unpaired) electrons. The van der Waals surface area contributed by atoms with Crippen LogP contribution in [-0.4, -0.2) is 70.6 Å².